The first-order chi connectivity index (χ1) is 8.77. The van der Waals surface area contributed by atoms with Crippen LogP contribution in [0.3, 0.4) is 0 Å². The van der Waals surface area contributed by atoms with E-state index < -0.39 is 0 Å². The summed E-state index contributed by atoms with van der Waals surface area (Å²) in [5, 5.41) is 4.64. The van der Waals surface area contributed by atoms with Crippen LogP contribution < -0.4 is 5.32 Å². The van der Waals surface area contributed by atoms with Crippen molar-refractivity contribution in [2.45, 2.75) is 64.0 Å². The van der Waals surface area contributed by atoms with E-state index in [2.05, 4.69) is 24.4 Å². The van der Waals surface area contributed by atoms with Crippen molar-refractivity contribution in [3.63, 3.8) is 0 Å². The Bertz CT molecular complexity index is 356. The molecule has 1 N–H and O–H groups in total. The third kappa shape index (κ3) is 4.00. The summed E-state index contributed by atoms with van der Waals surface area (Å²) in [7, 11) is 0. The number of hydrogen-bond donors (Lipinski definition) is 1. The normalized spacial score (nSPS) is 20.1. The summed E-state index contributed by atoms with van der Waals surface area (Å²) >= 11 is 6.26. The van der Waals surface area contributed by atoms with Gasteiger partial charge in [-0.15, -0.1) is 0 Å². The molecule has 0 spiro atoms. The van der Waals surface area contributed by atoms with Crippen LogP contribution in [0, 0.1) is 0 Å². The van der Waals surface area contributed by atoms with Gasteiger partial charge < -0.3 is 5.32 Å². The molecule has 0 aromatic heterocycles. The van der Waals surface area contributed by atoms with Gasteiger partial charge in [0.05, 0.1) is 0 Å². The summed E-state index contributed by atoms with van der Waals surface area (Å²) in [4.78, 5) is 0. The molecule has 1 aromatic carbocycles. The van der Waals surface area contributed by atoms with Crippen molar-refractivity contribution in [3.05, 3.63) is 34.9 Å². The summed E-state index contributed by atoms with van der Waals surface area (Å²) in [6.07, 6.45) is 9.59. The van der Waals surface area contributed by atoms with Crippen molar-refractivity contribution in [2.75, 3.05) is 0 Å². The highest BCUT2D eigenvalue weighted by Gasteiger charge is 2.16. The minimum atomic E-state index is 0.350. The topological polar surface area (TPSA) is 12.0 Å². The van der Waals surface area contributed by atoms with Gasteiger partial charge >= 0.3 is 0 Å². The van der Waals surface area contributed by atoms with E-state index in [1.54, 1.807) is 0 Å². The summed E-state index contributed by atoms with van der Waals surface area (Å²) in [6, 6.07) is 9.18. The van der Waals surface area contributed by atoms with E-state index in [-0.39, 0.29) is 0 Å². The van der Waals surface area contributed by atoms with Gasteiger partial charge in [-0.3, -0.25) is 0 Å². The second kappa shape index (κ2) is 7.16. The van der Waals surface area contributed by atoms with E-state index in [9.17, 15) is 0 Å². The van der Waals surface area contributed by atoms with Gasteiger partial charge in [0, 0.05) is 17.1 Å². The van der Waals surface area contributed by atoms with Gasteiger partial charge in [0.1, 0.15) is 0 Å². The monoisotopic (exact) mass is 265 g/mol. The molecule has 1 aliphatic carbocycles. The van der Waals surface area contributed by atoms with Gasteiger partial charge in [0.2, 0.25) is 0 Å². The first-order valence-corrected chi connectivity index (χ1v) is 7.65. The number of rotatable bonds is 3. The van der Waals surface area contributed by atoms with E-state index >= 15 is 0 Å². The summed E-state index contributed by atoms with van der Waals surface area (Å²) in [6.45, 7) is 2.22. The molecule has 2 rings (SSSR count). The lowest BCUT2D eigenvalue weighted by Crippen LogP contribution is -2.32. The molecule has 0 aliphatic heterocycles. The lowest BCUT2D eigenvalue weighted by Gasteiger charge is -2.25. The second-order valence-corrected chi connectivity index (χ2v) is 5.86. The Kier molecular flexibility index (Phi) is 5.52. The number of benzene rings is 1. The summed E-state index contributed by atoms with van der Waals surface area (Å²) < 4.78 is 0. The van der Waals surface area contributed by atoms with Crippen molar-refractivity contribution in [1.82, 2.24) is 5.32 Å². The predicted octanol–water partition coefficient (Wildman–Crippen LogP) is 5.10. The Morgan fingerprint density at radius 2 is 1.67 bits per heavy atom. The Morgan fingerprint density at radius 3 is 2.33 bits per heavy atom. The quantitative estimate of drug-likeness (QED) is 0.801. The van der Waals surface area contributed by atoms with Gasteiger partial charge in [0.25, 0.3) is 0 Å². The minimum Gasteiger partial charge on any atom is -0.307 e. The third-order valence-electron chi connectivity index (χ3n) is 3.96. The molecule has 1 saturated carbocycles. The molecule has 0 heterocycles. The Balaban J connectivity index is 1.93. The molecule has 0 amide bonds. The fraction of sp³-hybridized carbons (Fsp3) is 0.625. The second-order valence-electron chi connectivity index (χ2n) is 5.45. The van der Waals surface area contributed by atoms with Crippen LogP contribution in [0.15, 0.2) is 24.3 Å². The molecule has 0 unspecified atom stereocenters. The van der Waals surface area contributed by atoms with Crippen LogP contribution in [-0.2, 0) is 0 Å². The molecule has 0 bridgehead atoms. The van der Waals surface area contributed by atoms with Crippen LogP contribution in [0.2, 0.25) is 5.02 Å². The zero-order valence-electron chi connectivity index (χ0n) is 11.3. The van der Waals surface area contributed by atoms with Crippen LogP contribution in [0.1, 0.15) is 63.5 Å². The van der Waals surface area contributed by atoms with E-state index in [0.29, 0.717) is 12.1 Å². The zero-order valence-corrected chi connectivity index (χ0v) is 12.0. The lowest BCUT2D eigenvalue weighted by atomic mass is 9.95. The number of nitrogens with one attached hydrogen (secondary N) is 1. The van der Waals surface area contributed by atoms with Crippen LogP contribution >= 0.6 is 11.6 Å². The fourth-order valence-electron chi connectivity index (χ4n) is 2.89. The van der Waals surface area contributed by atoms with E-state index in [1.165, 1.54) is 50.5 Å². The predicted molar refractivity (Wildman–Crippen MR) is 79.1 cm³/mol. The highest BCUT2D eigenvalue weighted by Crippen LogP contribution is 2.25. The number of halogens is 1. The average Bonchev–Trinajstić information content (AvgIpc) is 2.33. The lowest BCUT2D eigenvalue weighted by molar-refractivity contribution is 0.363. The van der Waals surface area contributed by atoms with Gasteiger partial charge in [-0.05, 0) is 31.4 Å². The van der Waals surface area contributed by atoms with Crippen molar-refractivity contribution in [2.24, 2.45) is 0 Å². The van der Waals surface area contributed by atoms with E-state index in [0.717, 1.165) is 5.02 Å². The molecule has 2 heteroatoms. The first kappa shape index (κ1) is 13.9. The molecule has 18 heavy (non-hydrogen) atoms. The maximum atomic E-state index is 6.26. The fourth-order valence-corrected chi connectivity index (χ4v) is 3.19. The van der Waals surface area contributed by atoms with Crippen LogP contribution in [0.5, 0.6) is 0 Å². The molecule has 1 nitrogen and oxygen atoms in total. The molecular weight excluding hydrogens is 242 g/mol. The first-order valence-electron chi connectivity index (χ1n) is 7.28. The van der Waals surface area contributed by atoms with Crippen LogP contribution in [0.4, 0.5) is 0 Å². The van der Waals surface area contributed by atoms with Crippen LogP contribution in [-0.4, -0.2) is 6.04 Å². The molecule has 1 fully saturated rings. The standard InChI is InChI=1S/C16H24ClN/c1-13(15-11-7-8-12-16(15)17)18-14-9-5-3-2-4-6-10-14/h7-8,11-14,18H,2-6,9-10H2,1H3/t13-/m1/s1. The van der Waals surface area contributed by atoms with Crippen molar-refractivity contribution >= 4 is 11.6 Å². The van der Waals surface area contributed by atoms with Crippen molar-refractivity contribution in [3.8, 4) is 0 Å². The summed E-state index contributed by atoms with van der Waals surface area (Å²) in [5.74, 6) is 0. The maximum absolute atomic E-state index is 6.26. The van der Waals surface area contributed by atoms with Crippen molar-refractivity contribution < 1.29 is 0 Å². The highest BCUT2D eigenvalue weighted by atomic mass is 35.5. The molecule has 0 radical (unpaired) electrons. The van der Waals surface area contributed by atoms with Gasteiger partial charge in [0.15, 0.2) is 0 Å². The van der Waals surface area contributed by atoms with Gasteiger partial charge in [-0.25, -0.2) is 0 Å². The Hall–Kier alpha value is -0.530. The Morgan fingerprint density at radius 1 is 1.06 bits per heavy atom. The largest absolute Gasteiger partial charge is 0.307 e. The molecular formula is C16H24ClN. The van der Waals surface area contributed by atoms with Crippen molar-refractivity contribution in [1.29, 1.82) is 0 Å². The SMILES string of the molecule is C[C@@H](NC1CCCCCCC1)c1ccccc1Cl. The molecule has 1 aliphatic rings. The zero-order chi connectivity index (χ0) is 12.8. The minimum absolute atomic E-state index is 0.350. The van der Waals surface area contributed by atoms with Crippen LogP contribution in [0.25, 0.3) is 0 Å². The molecule has 1 aromatic rings. The molecule has 1 atom stereocenters. The molecule has 100 valence electrons. The Labute approximate surface area is 116 Å². The van der Waals surface area contributed by atoms with E-state index in [4.69, 9.17) is 11.6 Å². The third-order valence-corrected chi connectivity index (χ3v) is 4.31. The summed E-state index contributed by atoms with van der Waals surface area (Å²) in [5.41, 5.74) is 1.22. The van der Waals surface area contributed by atoms with Gasteiger partial charge in [-0.1, -0.05) is 61.9 Å². The highest BCUT2D eigenvalue weighted by molar-refractivity contribution is 6.31. The molecule has 0 saturated heterocycles. The van der Waals surface area contributed by atoms with Gasteiger partial charge in [-0.2, -0.15) is 0 Å². The number of hydrogen-bond acceptors (Lipinski definition) is 1. The smallest absolute Gasteiger partial charge is 0.0453 e. The maximum Gasteiger partial charge on any atom is 0.0453 e. The average molecular weight is 266 g/mol. The van der Waals surface area contributed by atoms with E-state index in [1.807, 2.05) is 12.1 Å².